The molecule has 2 amide bonds. The van der Waals surface area contributed by atoms with Crippen LogP contribution in [0.3, 0.4) is 0 Å². The second-order valence-corrected chi connectivity index (χ2v) is 13.1. The van der Waals surface area contributed by atoms with Gasteiger partial charge in [-0.05, 0) is 75.4 Å². The van der Waals surface area contributed by atoms with E-state index in [-0.39, 0.29) is 24.7 Å². The summed E-state index contributed by atoms with van der Waals surface area (Å²) in [5.41, 5.74) is 2.08. The fraction of sp³-hybridized carbons (Fsp3) is 0.344. The van der Waals surface area contributed by atoms with E-state index in [1.165, 1.54) is 49.8 Å². The van der Waals surface area contributed by atoms with Gasteiger partial charge in [0, 0.05) is 28.3 Å². The molecule has 0 spiro atoms. The van der Waals surface area contributed by atoms with Crippen molar-refractivity contribution in [2.24, 2.45) is 0 Å². The molecule has 1 unspecified atom stereocenters. The summed E-state index contributed by atoms with van der Waals surface area (Å²) in [5.74, 6) is -0.0313. The molecular formula is C32H34N6O8S2. The van der Waals surface area contributed by atoms with Gasteiger partial charge >= 0.3 is 5.97 Å². The molecule has 16 heteroatoms. The van der Waals surface area contributed by atoms with Crippen molar-refractivity contribution in [3.63, 3.8) is 0 Å². The minimum Gasteiger partial charge on any atom is -0.493 e. The molecule has 1 aliphatic rings. The first-order chi connectivity index (χ1) is 23.1. The van der Waals surface area contributed by atoms with Gasteiger partial charge in [0.2, 0.25) is 5.91 Å². The molecule has 252 valence electrons. The molecule has 5 rings (SSSR count). The molecule has 2 heterocycles. The van der Waals surface area contributed by atoms with E-state index in [0.717, 1.165) is 47.9 Å². The standard InChI is InChI=1S/C32H34N6O8S2/c1-5-46-31(41)27-22-8-6-7-9-25(22)48-30(27)34-28(39)18(2)47-32-36-35-26(37(32)20-11-13-21(14-12-20)38(42)43)17-33-29(40)19-10-15-23(44-3)24(16-19)45-4/h10-16,18H,5-9,17H2,1-4H3,(H,33,40)(H,34,39). The van der Waals surface area contributed by atoms with Crippen LogP contribution in [0.1, 0.15) is 63.7 Å². The number of hydrogen-bond acceptors (Lipinski definition) is 12. The number of thiophene rings is 1. The molecule has 0 aliphatic heterocycles. The monoisotopic (exact) mass is 694 g/mol. The molecule has 0 fully saturated rings. The van der Waals surface area contributed by atoms with Crippen molar-refractivity contribution in [2.45, 2.75) is 56.5 Å². The molecule has 4 aromatic rings. The van der Waals surface area contributed by atoms with Crippen LogP contribution >= 0.6 is 23.1 Å². The van der Waals surface area contributed by atoms with Gasteiger partial charge in [-0.25, -0.2) is 4.79 Å². The van der Waals surface area contributed by atoms with Gasteiger partial charge in [-0.3, -0.25) is 24.3 Å². The molecule has 2 N–H and O–H groups in total. The first-order valence-electron chi connectivity index (χ1n) is 15.1. The zero-order valence-electron chi connectivity index (χ0n) is 26.7. The zero-order valence-corrected chi connectivity index (χ0v) is 28.4. The number of non-ortho nitro benzene ring substituents is 1. The first kappa shape index (κ1) is 34.4. The summed E-state index contributed by atoms with van der Waals surface area (Å²) < 4.78 is 17.5. The lowest BCUT2D eigenvalue weighted by molar-refractivity contribution is -0.384. The number of methoxy groups -OCH3 is 2. The summed E-state index contributed by atoms with van der Waals surface area (Å²) >= 11 is 2.51. The number of ether oxygens (including phenoxy) is 3. The lowest BCUT2D eigenvalue weighted by atomic mass is 9.95. The van der Waals surface area contributed by atoms with Crippen LogP contribution in [-0.2, 0) is 28.9 Å². The maximum absolute atomic E-state index is 13.5. The maximum Gasteiger partial charge on any atom is 0.341 e. The van der Waals surface area contributed by atoms with Crippen LogP contribution in [0.4, 0.5) is 10.7 Å². The highest BCUT2D eigenvalue weighted by atomic mass is 32.2. The number of nitrogens with zero attached hydrogens (tertiary/aromatic N) is 4. The number of carbonyl (C=O) groups is 3. The average molecular weight is 695 g/mol. The minimum absolute atomic E-state index is 0.0536. The minimum atomic E-state index is -0.700. The summed E-state index contributed by atoms with van der Waals surface area (Å²) in [6.45, 7) is 3.61. The molecule has 2 aromatic heterocycles. The second kappa shape index (κ2) is 15.3. The van der Waals surface area contributed by atoms with Crippen molar-refractivity contribution < 1.29 is 33.5 Å². The Kier molecular flexibility index (Phi) is 11.0. The number of carbonyl (C=O) groups excluding carboxylic acids is 3. The molecule has 0 saturated carbocycles. The van der Waals surface area contributed by atoms with Gasteiger partial charge in [-0.1, -0.05) is 11.8 Å². The third-order valence-corrected chi connectivity index (χ3v) is 9.86. The molecule has 14 nitrogen and oxygen atoms in total. The topological polar surface area (TPSA) is 177 Å². The van der Waals surface area contributed by atoms with E-state index in [9.17, 15) is 24.5 Å². The van der Waals surface area contributed by atoms with Crippen LogP contribution in [0.5, 0.6) is 11.5 Å². The summed E-state index contributed by atoms with van der Waals surface area (Å²) in [6, 6.07) is 10.5. The number of aryl methyl sites for hydroxylation is 1. The molecule has 0 radical (unpaired) electrons. The van der Waals surface area contributed by atoms with Crippen LogP contribution in [-0.4, -0.2) is 63.5 Å². The van der Waals surface area contributed by atoms with Crippen molar-refractivity contribution in [1.82, 2.24) is 20.1 Å². The normalized spacial score (nSPS) is 12.8. The van der Waals surface area contributed by atoms with Crippen LogP contribution in [0, 0.1) is 10.1 Å². The molecule has 1 aliphatic carbocycles. The molecule has 48 heavy (non-hydrogen) atoms. The first-order valence-corrected chi connectivity index (χ1v) is 16.8. The number of amides is 2. The number of aromatic nitrogens is 3. The molecule has 1 atom stereocenters. The molecule has 0 saturated heterocycles. The number of hydrogen-bond donors (Lipinski definition) is 2. The van der Waals surface area contributed by atoms with E-state index in [4.69, 9.17) is 14.2 Å². The van der Waals surface area contributed by atoms with Crippen molar-refractivity contribution in [3.8, 4) is 17.2 Å². The number of benzene rings is 2. The highest BCUT2D eigenvalue weighted by Crippen LogP contribution is 2.39. The molecule has 2 aromatic carbocycles. The van der Waals surface area contributed by atoms with Crippen molar-refractivity contribution in [3.05, 3.63) is 80.0 Å². The maximum atomic E-state index is 13.5. The van der Waals surface area contributed by atoms with E-state index < -0.39 is 22.0 Å². The summed E-state index contributed by atoms with van der Waals surface area (Å²) in [5, 5.41) is 25.7. The second-order valence-electron chi connectivity index (χ2n) is 10.6. The fourth-order valence-corrected chi connectivity index (χ4v) is 7.38. The van der Waals surface area contributed by atoms with E-state index in [1.807, 2.05) is 0 Å². The lowest BCUT2D eigenvalue weighted by Gasteiger charge is -2.15. The van der Waals surface area contributed by atoms with E-state index in [1.54, 1.807) is 36.6 Å². The number of fused-ring (bicyclic) bond motifs is 1. The Morgan fingerprint density at radius 3 is 2.48 bits per heavy atom. The van der Waals surface area contributed by atoms with Gasteiger partial charge in [0.25, 0.3) is 11.6 Å². The third kappa shape index (κ3) is 7.44. The van der Waals surface area contributed by atoms with Gasteiger partial charge in [0.1, 0.15) is 5.00 Å². The van der Waals surface area contributed by atoms with Gasteiger partial charge in [0.15, 0.2) is 22.5 Å². The smallest absolute Gasteiger partial charge is 0.341 e. The van der Waals surface area contributed by atoms with Gasteiger partial charge in [0.05, 0.1) is 43.1 Å². The van der Waals surface area contributed by atoms with E-state index in [0.29, 0.717) is 44.3 Å². The van der Waals surface area contributed by atoms with Crippen LogP contribution < -0.4 is 20.1 Å². The van der Waals surface area contributed by atoms with Gasteiger partial charge in [-0.15, -0.1) is 21.5 Å². The van der Waals surface area contributed by atoms with Crippen molar-refractivity contribution in [1.29, 1.82) is 0 Å². The van der Waals surface area contributed by atoms with E-state index >= 15 is 0 Å². The SMILES string of the molecule is CCOC(=O)c1c(NC(=O)C(C)Sc2nnc(CNC(=O)c3ccc(OC)c(OC)c3)n2-c2ccc([N+](=O)[O-])cc2)sc2c1CCCC2. The van der Waals surface area contributed by atoms with E-state index in [2.05, 4.69) is 20.8 Å². The van der Waals surface area contributed by atoms with Gasteiger partial charge in [-0.2, -0.15) is 0 Å². The predicted octanol–water partition coefficient (Wildman–Crippen LogP) is 5.36. The molecule has 0 bridgehead atoms. The van der Waals surface area contributed by atoms with Crippen LogP contribution in [0.2, 0.25) is 0 Å². The summed E-state index contributed by atoms with van der Waals surface area (Å²) in [6.07, 6.45) is 3.58. The number of nitro groups is 1. The van der Waals surface area contributed by atoms with Gasteiger partial charge < -0.3 is 24.8 Å². The van der Waals surface area contributed by atoms with Crippen molar-refractivity contribution in [2.75, 3.05) is 26.1 Å². The Balaban J connectivity index is 1.38. The fourth-order valence-electron chi connectivity index (χ4n) is 5.21. The van der Waals surface area contributed by atoms with Crippen LogP contribution in [0.25, 0.3) is 5.69 Å². The number of thioether (sulfide) groups is 1. The quantitative estimate of drug-likeness (QED) is 0.0797. The summed E-state index contributed by atoms with van der Waals surface area (Å²) in [7, 11) is 2.97. The Bertz CT molecular complexity index is 1840. The zero-order chi connectivity index (χ0) is 34.4. The average Bonchev–Trinajstić information content (AvgIpc) is 3.67. The predicted molar refractivity (Wildman–Crippen MR) is 180 cm³/mol. The Morgan fingerprint density at radius 2 is 1.79 bits per heavy atom. The molecular weight excluding hydrogens is 661 g/mol. The number of anilines is 1. The largest absolute Gasteiger partial charge is 0.493 e. The number of rotatable bonds is 13. The lowest BCUT2D eigenvalue weighted by Crippen LogP contribution is -2.25. The summed E-state index contributed by atoms with van der Waals surface area (Å²) in [4.78, 5) is 51.4. The Hall–Kier alpha value is -4.96. The highest BCUT2D eigenvalue weighted by Gasteiger charge is 2.29. The van der Waals surface area contributed by atoms with Crippen LogP contribution in [0.15, 0.2) is 47.6 Å². The highest BCUT2D eigenvalue weighted by molar-refractivity contribution is 8.00. The third-order valence-electron chi connectivity index (χ3n) is 7.61. The number of nitro benzene ring substituents is 1. The number of esters is 1. The Morgan fingerprint density at radius 1 is 1.06 bits per heavy atom. The number of nitrogens with one attached hydrogen (secondary N) is 2. The van der Waals surface area contributed by atoms with Crippen molar-refractivity contribution >= 4 is 51.6 Å². The Labute approximate surface area is 284 Å².